The number of aliphatic hydroxyl groups is 4. The van der Waals surface area contributed by atoms with Crippen LogP contribution in [0.4, 0.5) is 0 Å². The zero-order valence-electron chi connectivity index (χ0n) is 7.54. The van der Waals surface area contributed by atoms with Crippen LogP contribution in [0.1, 0.15) is 0 Å². The summed E-state index contributed by atoms with van der Waals surface area (Å²) in [4.78, 5) is 16.7. The number of hydrogen-bond donors (Lipinski definition) is 4. The molecule has 0 heterocycles. The van der Waals surface area contributed by atoms with Crippen molar-refractivity contribution in [2.24, 2.45) is 5.28 Å². The summed E-state index contributed by atoms with van der Waals surface area (Å²) >= 11 is 0. The Morgan fingerprint density at radius 2 is 2.00 bits per heavy atom. The molecule has 0 aromatic carbocycles. The average Bonchev–Trinajstić information content (AvgIpc) is 2.27. The van der Waals surface area contributed by atoms with Gasteiger partial charge in [0, 0.05) is 4.91 Å². The maximum absolute atomic E-state index is 10.3. The topological polar surface area (TPSA) is 156 Å². The molecule has 0 saturated heterocycles. The van der Waals surface area contributed by atoms with Crippen molar-refractivity contribution < 1.29 is 30.1 Å². The molecule has 0 aliphatic heterocycles. The van der Waals surface area contributed by atoms with Crippen LogP contribution in [0.3, 0.4) is 0 Å². The Morgan fingerprint density at radius 1 is 1.40 bits per heavy atom. The number of aliphatic hydroxyl groups excluding tert-OH is 4. The third-order valence-electron chi connectivity index (χ3n) is 1.61. The van der Waals surface area contributed by atoms with Gasteiger partial charge in [-0.1, -0.05) is 0 Å². The largest absolute Gasteiger partial charge is 0.420 e. The fourth-order valence-electron chi connectivity index (χ4n) is 0.773. The van der Waals surface area contributed by atoms with E-state index in [4.69, 9.17) is 20.9 Å². The third kappa shape index (κ3) is 4.11. The molecule has 0 spiro atoms. The lowest BCUT2D eigenvalue weighted by Gasteiger charge is -2.24. The molecule has 9 nitrogen and oxygen atoms in total. The van der Waals surface area contributed by atoms with Crippen LogP contribution in [0.2, 0.25) is 0 Å². The Morgan fingerprint density at radius 3 is 2.40 bits per heavy atom. The number of carbonyl (C=O) groups excluding carboxylic acids is 1. The molecule has 0 unspecified atom stereocenters. The van der Waals surface area contributed by atoms with Gasteiger partial charge in [-0.25, -0.2) is 0 Å². The smallest absolute Gasteiger partial charge is 0.191 e. The molecule has 4 atom stereocenters. The van der Waals surface area contributed by atoms with Gasteiger partial charge in [-0.2, -0.15) is 0 Å². The summed E-state index contributed by atoms with van der Waals surface area (Å²) < 4.78 is 0. The highest BCUT2D eigenvalue weighted by Gasteiger charge is 2.32. The maximum Gasteiger partial charge on any atom is 0.191 e. The van der Waals surface area contributed by atoms with Gasteiger partial charge < -0.3 is 25.3 Å². The normalized spacial score (nSPS) is 18.1. The van der Waals surface area contributed by atoms with Gasteiger partial charge in [0.05, 0.1) is 6.61 Å². The predicted molar refractivity (Wildman–Crippen MR) is 45.2 cm³/mol. The molecule has 0 aromatic heterocycles. The number of aldehydes is 1. The van der Waals surface area contributed by atoms with Crippen molar-refractivity contribution in [1.82, 2.24) is 0 Å². The van der Waals surface area contributed by atoms with Crippen LogP contribution < -0.4 is 0 Å². The van der Waals surface area contributed by atoms with Crippen molar-refractivity contribution in [2.75, 3.05) is 6.61 Å². The van der Waals surface area contributed by atoms with Gasteiger partial charge in [-0.3, -0.25) is 4.79 Å². The molecular formula is C6H11N3O6. The van der Waals surface area contributed by atoms with Crippen LogP contribution in [0.25, 0.3) is 10.4 Å². The van der Waals surface area contributed by atoms with E-state index in [1.807, 2.05) is 0 Å². The molecule has 0 bridgehead atoms. The van der Waals surface area contributed by atoms with Crippen LogP contribution in [-0.2, 0) is 9.63 Å². The van der Waals surface area contributed by atoms with E-state index in [2.05, 4.69) is 15.0 Å². The number of carbonyl (C=O) groups is 1. The Kier molecular flexibility index (Phi) is 6.34. The number of rotatable bonds is 7. The molecule has 86 valence electrons. The summed E-state index contributed by atoms with van der Waals surface area (Å²) in [6.45, 7) is -0.800. The lowest BCUT2D eigenvalue weighted by atomic mass is 10.0. The van der Waals surface area contributed by atoms with E-state index in [0.29, 0.717) is 0 Å². The monoisotopic (exact) mass is 221 g/mol. The van der Waals surface area contributed by atoms with E-state index in [1.54, 1.807) is 0 Å². The van der Waals surface area contributed by atoms with Gasteiger partial charge in [-0.05, 0) is 5.53 Å². The summed E-state index contributed by atoms with van der Waals surface area (Å²) in [5.74, 6) is 0. The molecule has 15 heavy (non-hydrogen) atoms. The minimum Gasteiger partial charge on any atom is -0.420 e. The van der Waals surface area contributed by atoms with Crippen molar-refractivity contribution in [3.8, 4) is 0 Å². The van der Waals surface area contributed by atoms with Crippen LogP contribution in [0.5, 0.6) is 0 Å². The fourth-order valence-corrected chi connectivity index (χ4v) is 0.773. The summed E-state index contributed by atoms with van der Waals surface area (Å²) in [5, 5.41) is 38.3. The van der Waals surface area contributed by atoms with E-state index >= 15 is 0 Å². The van der Waals surface area contributed by atoms with Crippen molar-refractivity contribution in [3.63, 3.8) is 0 Å². The molecular weight excluding hydrogens is 210 g/mol. The highest BCUT2D eigenvalue weighted by molar-refractivity contribution is 5.57. The minimum absolute atomic E-state index is 0.0899. The van der Waals surface area contributed by atoms with E-state index < -0.39 is 31.0 Å². The summed E-state index contributed by atoms with van der Waals surface area (Å²) in [6, 6.07) is 0. The first-order chi connectivity index (χ1) is 7.08. The third-order valence-corrected chi connectivity index (χ3v) is 1.61. The number of hydrogen-bond acceptors (Lipinski definition) is 7. The highest BCUT2D eigenvalue weighted by Crippen LogP contribution is 2.07. The summed E-state index contributed by atoms with van der Waals surface area (Å²) in [6.07, 6.45) is -6.75. The second-order valence-corrected chi connectivity index (χ2v) is 2.61. The molecule has 0 fully saturated rings. The molecule has 4 N–H and O–H groups in total. The quantitative estimate of drug-likeness (QED) is 0.126. The Bertz CT molecular complexity index is 243. The van der Waals surface area contributed by atoms with Gasteiger partial charge in [0.2, 0.25) is 0 Å². The first-order valence-corrected chi connectivity index (χ1v) is 3.89. The standard InChI is InChI=1S/C6H11N3O6/c7-8-9-15-4(2-11)6(14)5(13)3(12)1-10/h2-6,10,12-14H,1H2/t3-,4+,5-,6-/m1/s1. The predicted octanol–water partition coefficient (Wildman–Crippen LogP) is -2.13. The Hall–Kier alpha value is -1.38. The van der Waals surface area contributed by atoms with Crippen LogP contribution in [0.15, 0.2) is 5.28 Å². The lowest BCUT2D eigenvalue weighted by molar-refractivity contribution is -0.146. The number of nitrogens with zero attached hydrogens (tertiary/aromatic N) is 3. The first-order valence-electron chi connectivity index (χ1n) is 3.89. The molecule has 0 saturated carbocycles. The van der Waals surface area contributed by atoms with E-state index in [9.17, 15) is 9.90 Å². The van der Waals surface area contributed by atoms with Crippen LogP contribution >= 0.6 is 0 Å². The van der Waals surface area contributed by atoms with E-state index in [0.717, 1.165) is 0 Å². The van der Waals surface area contributed by atoms with Gasteiger partial charge in [0.25, 0.3) is 0 Å². The second-order valence-electron chi connectivity index (χ2n) is 2.61. The van der Waals surface area contributed by atoms with Crippen molar-refractivity contribution in [3.05, 3.63) is 10.4 Å². The van der Waals surface area contributed by atoms with E-state index in [-0.39, 0.29) is 6.29 Å². The van der Waals surface area contributed by atoms with Crippen LogP contribution in [-0.4, -0.2) is 57.7 Å². The Labute approximate surface area is 84.1 Å². The summed E-state index contributed by atoms with van der Waals surface area (Å²) in [7, 11) is 0. The van der Waals surface area contributed by atoms with Gasteiger partial charge in [0.1, 0.15) is 23.6 Å². The molecule has 0 aromatic rings. The lowest BCUT2D eigenvalue weighted by Crippen LogP contribution is -2.46. The van der Waals surface area contributed by atoms with Gasteiger partial charge in [-0.15, -0.1) is 0 Å². The van der Waals surface area contributed by atoms with Crippen molar-refractivity contribution >= 4 is 6.29 Å². The van der Waals surface area contributed by atoms with Gasteiger partial charge >= 0.3 is 0 Å². The molecule has 0 aliphatic carbocycles. The molecule has 0 rings (SSSR count). The van der Waals surface area contributed by atoms with Crippen molar-refractivity contribution in [2.45, 2.75) is 24.4 Å². The molecule has 0 radical (unpaired) electrons. The average molecular weight is 221 g/mol. The van der Waals surface area contributed by atoms with Crippen LogP contribution in [0, 0.1) is 0 Å². The van der Waals surface area contributed by atoms with Gasteiger partial charge in [0.15, 0.2) is 12.4 Å². The zero-order chi connectivity index (χ0) is 11.8. The molecule has 0 amide bonds. The maximum atomic E-state index is 10.3. The molecule has 9 heteroatoms. The number of azide groups is 1. The second kappa shape index (κ2) is 6.98. The molecule has 0 aliphatic rings. The highest BCUT2D eigenvalue weighted by atomic mass is 16.7. The van der Waals surface area contributed by atoms with Crippen molar-refractivity contribution in [1.29, 1.82) is 0 Å². The Balaban J connectivity index is 4.41. The first kappa shape index (κ1) is 13.6. The fraction of sp³-hybridized carbons (Fsp3) is 0.833. The zero-order valence-corrected chi connectivity index (χ0v) is 7.54. The minimum atomic E-state index is -1.81. The summed E-state index contributed by atoms with van der Waals surface area (Å²) in [5.41, 5.74) is 7.87. The van der Waals surface area contributed by atoms with E-state index in [1.165, 1.54) is 0 Å². The SMILES string of the molecule is [N-]=[N+]=NO[C@@H](C=O)[C@@H](O)[C@H](O)[C@H](O)CO.